The lowest BCUT2D eigenvalue weighted by Gasteiger charge is -2.18. The maximum Gasteiger partial charge on any atom is 0.138 e. The van der Waals surface area contributed by atoms with Gasteiger partial charge in [0.05, 0.1) is 12.2 Å². The second-order valence-corrected chi connectivity index (χ2v) is 5.31. The molecule has 0 aromatic carbocycles. The lowest BCUT2D eigenvalue weighted by molar-refractivity contribution is 0.547. The van der Waals surface area contributed by atoms with Crippen molar-refractivity contribution < 1.29 is 0 Å². The maximum atomic E-state index is 5.81. The van der Waals surface area contributed by atoms with Crippen molar-refractivity contribution in [2.75, 3.05) is 11.1 Å². The van der Waals surface area contributed by atoms with Crippen LogP contribution in [0.1, 0.15) is 32.3 Å². The maximum absolute atomic E-state index is 5.81. The van der Waals surface area contributed by atoms with Gasteiger partial charge >= 0.3 is 0 Å². The molecule has 0 spiro atoms. The molecule has 0 atom stereocenters. The van der Waals surface area contributed by atoms with Gasteiger partial charge in [-0.05, 0) is 6.07 Å². The van der Waals surface area contributed by atoms with E-state index in [4.69, 9.17) is 5.73 Å². The number of hydrogen-bond acceptors (Lipinski definition) is 6. The summed E-state index contributed by atoms with van der Waals surface area (Å²) in [5, 5.41) is 3.19. The molecule has 0 amide bonds. The van der Waals surface area contributed by atoms with E-state index in [1.54, 1.807) is 12.3 Å². The average Bonchev–Trinajstić information content (AvgIpc) is 2.36. The first-order valence-electron chi connectivity index (χ1n) is 6.09. The van der Waals surface area contributed by atoms with E-state index in [0.717, 1.165) is 11.5 Å². The molecule has 3 N–H and O–H groups in total. The Bertz CT molecular complexity index is 547. The van der Waals surface area contributed by atoms with Crippen LogP contribution in [-0.4, -0.2) is 19.9 Å². The predicted octanol–water partition coefficient (Wildman–Crippen LogP) is 1.76. The smallest absolute Gasteiger partial charge is 0.138 e. The number of anilines is 2. The fourth-order valence-electron chi connectivity index (χ4n) is 1.50. The van der Waals surface area contributed by atoms with Gasteiger partial charge in [0.1, 0.15) is 23.8 Å². The normalized spacial score (nSPS) is 11.3. The molecule has 0 unspecified atom stereocenters. The van der Waals surface area contributed by atoms with Gasteiger partial charge < -0.3 is 11.1 Å². The number of nitrogen functional groups attached to an aromatic ring is 1. The minimum atomic E-state index is -0.138. The van der Waals surface area contributed by atoms with Gasteiger partial charge in [-0.3, -0.25) is 0 Å². The summed E-state index contributed by atoms with van der Waals surface area (Å²) in [5.74, 6) is 1.89. The minimum absolute atomic E-state index is 0.138. The van der Waals surface area contributed by atoms with Crippen LogP contribution >= 0.6 is 0 Å². The third-order valence-electron chi connectivity index (χ3n) is 2.51. The van der Waals surface area contributed by atoms with Gasteiger partial charge in [0.2, 0.25) is 0 Å². The van der Waals surface area contributed by atoms with E-state index < -0.39 is 0 Å². The van der Waals surface area contributed by atoms with Crippen LogP contribution in [0.2, 0.25) is 0 Å². The summed E-state index contributed by atoms with van der Waals surface area (Å²) in [6.07, 6.45) is 3.23. The van der Waals surface area contributed by atoms with Gasteiger partial charge in [0.25, 0.3) is 0 Å². The molecular weight excluding hydrogens is 240 g/mol. The Hall–Kier alpha value is -2.24. The molecule has 0 bridgehead atoms. The summed E-state index contributed by atoms with van der Waals surface area (Å²) in [5.41, 5.74) is 6.56. The van der Waals surface area contributed by atoms with Crippen LogP contribution in [0.4, 0.5) is 11.6 Å². The third-order valence-corrected chi connectivity index (χ3v) is 2.51. The van der Waals surface area contributed by atoms with Crippen LogP contribution in [0.15, 0.2) is 24.7 Å². The highest BCUT2D eigenvalue weighted by molar-refractivity contribution is 5.45. The minimum Gasteiger partial charge on any atom is -0.384 e. The predicted molar refractivity (Wildman–Crippen MR) is 74.5 cm³/mol. The van der Waals surface area contributed by atoms with Crippen LogP contribution < -0.4 is 11.1 Å². The van der Waals surface area contributed by atoms with Crippen molar-refractivity contribution in [3.05, 3.63) is 36.2 Å². The van der Waals surface area contributed by atoms with Crippen molar-refractivity contribution in [3.8, 4) is 0 Å². The van der Waals surface area contributed by atoms with Crippen LogP contribution in [0, 0.1) is 0 Å². The van der Waals surface area contributed by atoms with Crippen molar-refractivity contribution in [2.24, 2.45) is 0 Å². The van der Waals surface area contributed by atoms with Gasteiger partial charge in [0, 0.05) is 17.7 Å². The molecule has 6 nitrogen and oxygen atoms in total. The van der Waals surface area contributed by atoms with E-state index in [2.05, 4.69) is 46.0 Å². The summed E-state index contributed by atoms with van der Waals surface area (Å²) >= 11 is 0. The zero-order chi connectivity index (χ0) is 13.9. The van der Waals surface area contributed by atoms with Crippen molar-refractivity contribution in [2.45, 2.75) is 32.7 Å². The summed E-state index contributed by atoms with van der Waals surface area (Å²) < 4.78 is 0. The fourth-order valence-corrected chi connectivity index (χ4v) is 1.50. The first-order chi connectivity index (χ1) is 8.95. The van der Waals surface area contributed by atoms with E-state index in [9.17, 15) is 0 Å². The first-order valence-corrected chi connectivity index (χ1v) is 6.09. The van der Waals surface area contributed by atoms with Crippen LogP contribution in [0.25, 0.3) is 0 Å². The molecule has 0 fully saturated rings. The van der Waals surface area contributed by atoms with Gasteiger partial charge in [-0.1, -0.05) is 20.8 Å². The van der Waals surface area contributed by atoms with Crippen molar-refractivity contribution in [1.82, 2.24) is 19.9 Å². The zero-order valence-corrected chi connectivity index (χ0v) is 11.4. The zero-order valence-electron chi connectivity index (χ0n) is 11.4. The number of aromatic nitrogens is 4. The average molecular weight is 258 g/mol. The lowest BCUT2D eigenvalue weighted by Crippen LogP contribution is -2.18. The van der Waals surface area contributed by atoms with Crippen molar-refractivity contribution in [1.29, 1.82) is 0 Å². The highest BCUT2D eigenvalue weighted by atomic mass is 15.1. The summed E-state index contributed by atoms with van der Waals surface area (Å²) in [4.78, 5) is 16.8. The molecular formula is C13H18N6. The number of nitrogens with zero attached hydrogens (tertiary/aromatic N) is 4. The molecule has 100 valence electrons. The van der Waals surface area contributed by atoms with E-state index in [-0.39, 0.29) is 5.41 Å². The highest BCUT2D eigenvalue weighted by Crippen LogP contribution is 2.21. The van der Waals surface area contributed by atoms with Crippen molar-refractivity contribution >= 4 is 11.6 Å². The number of nitrogens with two attached hydrogens (primary N) is 1. The molecule has 0 aliphatic rings. The van der Waals surface area contributed by atoms with E-state index in [1.807, 2.05) is 6.07 Å². The quantitative estimate of drug-likeness (QED) is 0.872. The monoisotopic (exact) mass is 258 g/mol. The first kappa shape index (κ1) is 13.2. The van der Waals surface area contributed by atoms with Crippen LogP contribution in [-0.2, 0) is 12.0 Å². The standard InChI is InChI=1S/C13H18N6/c1-13(2,3)12-18-10(14)6-11(19-12)16-7-9-4-5-15-8-17-9/h4-6,8H,7H2,1-3H3,(H3,14,16,18,19). The molecule has 2 aromatic rings. The van der Waals surface area contributed by atoms with Crippen LogP contribution in [0.3, 0.4) is 0 Å². The molecule has 2 rings (SSSR count). The Labute approximate surface area is 112 Å². The number of rotatable bonds is 3. The van der Waals surface area contributed by atoms with Crippen LogP contribution in [0.5, 0.6) is 0 Å². The second kappa shape index (κ2) is 5.17. The van der Waals surface area contributed by atoms with Crippen molar-refractivity contribution in [3.63, 3.8) is 0 Å². The topological polar surface area (TPSA) is 89.6 Å². The van der Waals surface area contributed by atoms with Gasteiger partial charge in [-0.15, -0.1) is 0 Å². The third kappa shape index (κ3) is 3.61. The number of nitrogens with one attached hydrogen (secondary N) is 1. The SMILES string of the molecule is CC(C)(C)c1nc(N)cc(NCc2ccncn2)n1. The molecule has 0 aliphatic heterocycles. The lowest BCUT2D eigenvalue weighted by atomic mass is 9.96. The molecule has 2 aromatic heterocycles. The summed E-state index contributed by atoms with van der Waals surface area (Å²) in [6.45, 7) is 6.73. The summed E-state index contributed by atoms with van der Waals surface area (Å²) in [6, 6.07) is 3.57. The molecule has 0 saturated carbocycles. The Morgan fingerprint density at radius 3 is 2.68 bits per heavy atom. The molecule has 19 heavy (non-hydrogen) atoms. The second-order valence-electron chi connectivity index (χ2n) is 5.31. The number of hydrogen-bond donors (Lipinski definition) is 2. The molecule has 0 radical (unpaired) electrons. The largest absolute Gasteiger partial charge is 0.384 e. The Balaban J connectivity index is 2.15. The Kier molecular flexibility index (Phi) is 3.59. The van der Waals surface area contributed by atoms with E-state index in [0.29, 0.717) is 18.2 Å². The highest BCUT2D eigenvalue weighted by Gasteiger charge is 2.18. The van der Waals surface area contributed by atoms with E-state index in [1.165, 1.54) is 6.33 Å². The van der Waals surface area contributed by atoms with Gasteiger partial charge in [0.15, 0.2) is 0 Å². The molecule has 6 heteroatoms. The molecule has 2 heterocycles. The Morgan fingerprint density at radius 1 is 1.26 bits per heavy atom. The summed E-state index contributed by atoms with van der Waals surface area (Å²) in [7, 11) is 0. The molecule has 0 saturated heterocycles. The van der Waals surface area contributed by atoms with Gasteiger partial charge in [-0.25, -0.2) is 19.9 Å². The fraction of sp³-hybridized carbons (Fsp3) is 0.385. The Morgan fingerprint density at radius 2 is 2.05 bits per heavy atom. The molecule has 0 aliphatic carbocycles. The van der Waals surface area contributed by atoms with E-state index >= 15 is 0 Å². The van der Waals surface area contributed by atoms with Gasteiger partial charge in [-0.2, -0.15) is 0 Å².